The summed E-state index contributed by atoms with van der Waals surface area (Å²) in [5.74, 6) is -3.67. The van der Waals surface area contributed by atoms with Gasteiger partial charge in [0.2, 0.25) is 0 Å². The number of nitrogens with zero attached hydrogens (tertiary/aromatic N) is 6. The van der Waals surface area contributed by atoms with Gasteiger partial charge in [-0.05, 0) is 26.3 Å². The molecule has 3 aromatic rings. The first-order valence-electron chi connectivity index (χ1n) is 10.8. The summed E-state index contributed by atoms with van der Waals surface area (Å²) in [6, 6.07) is 0.952. The lowest BCUT2D eigenvalue weighted by atomic mass is 10.1. The number of anilines is 1. The maximum atomic E-state index is 14.1. The van der Waals surface area contributed by atoms with Crippen LogP contribution in [0.3, 0.4) is 0 Å². The number of aryl methyl sites for hydroxylation is 1. The van der Waals surface area contributed by atoms with Crippen LogP contribution in [-0.4, -0.2) is 69.1 Å². The lowest BCUT2D eigenvalue weighted by molar-refractivity contribution is -0.143. The molecule has 0 atom stereocenters. The van der Waals surface area contributed by atoms with Crippen molar-refractivity contribution in [1.29, 1.82) is 0 Å². The van der Waals surface area contributed by atoms with Crippen molar-refractivity contribution < 1.29 is 27.5 Å². The maximum absolute atomic E-state index is 14.1. The second-order valence-corrected chi connectivity index (χ2v) is 7.80. The van der Waals surface area contributed by atoms with E-state index >= 15 is 0 Å². The van der Waals surface area contributed by atoms with Crippen LogP contribution in [0.5, 0.6) is 0 Å². The molecule has 0 unspecified atom stereocenters. The molecule has 9 nitrogen and oxygen atoms in total. The Kier molecular flexibility index (Phi) is 6.66. The largest absolute Gasteiger partial charge is 0.466 e. The van der Waals surface area contributed by atoms with Crippen molar-refractivity contribution in [2.75, 3.05) is 37.7 Å². The van der Waals surface area contributed by atoms with Gasteiger partial charge in [-0.1, -0.05) is 0 Å². The van der Waals surface area contributed by atoms with Crippen molar-refractivity contribution in [2.24, 2.45) is 0 Å². The molecule has 0 radical (unpaired) electrons. The Bertz CT molecular complexity index is 1240. The third-order valence-corrected chi connectivity index (χ3v) is 5.70. The number of aromatic nitrogens is 4. The number of amides is 1. The van der Waals surface area contributed by atoms with E-state index in [1.807, 2.05) is 11.8 Å². The van der Waals surface area contributed by atoms with Crippen LogP contribution in [0.1, 0.15) is 35.0 Å². The van der Waals surface area contributed by atoms with E-state index in [4.69, 9.17) is 4.74 Å². The molecule has 0 saturated carbocycles. The molecular weight excluding hydrogens is 453 g/mol. The third kappa shape index (κ3) is 4.52. The summed E-state index contributed by atoms with van der Waals surface area (Å²) >= 11 is 0. The third-order valence-electron chi connectivity index (χ3n) is 5.70. The summed E-state index contributed by atoms with van der Waals surface area (Å²) < 4.78 is 47.5. The second kappa shape index (κ2) is 9.65. The average molecular weight is 476 g/mol. The first kappa shape index (κ1) is 23.5. The smallest absolute Gasteiger partial charge is 0.306 e. The molecule has 0 N–H and O–H groups in total. The van der Waals surface area contributed by atoms with Crippen LogP contribution in [0.4, 0.5) is 19.0 Å². The van der Waals surface area contributed by atoms with Crippen molar-refractivity contribution in [3.05, 3.63) is 52.7 Å². The summed E-state index contributed by atoms with van der Waals surface area (Å²) in [5.41, 5.74) is 0.987. The predicted molar refractivity (Wildman–Crippen MR) is 115 cm³/mol. The number of rotatable bonds is 6. The molecule has 1 saturated heterocycles. The standard InChI is InChI=1S/C22H23F3N6O3/c1-3-34-19(32)5-4-14-13(2)28-22-26-12-27-31(22)20(14)29-6-8-30(9-7-29)21(33)15-10-17(24)18(25)11-16(15)23/h10-12H,3-9H2,1-2H3. The van der Waals surface area contributed by atoms with Crippen LogP contribution in [0.25, 0.3) is 5.78 Å². The summed E-state index contributed by atoms with van der Waals surface area (Å²) in [4.78, 5) is 36.7. The number of esters is 1. The van der Waals surface area contributed by atoms with Crippen molar-refractivity contribution >= 4 is 23.5 Å². The number of benzene rings is 1. The second-order valence-electron chi connectivity index (χ2n) is 7.80. The normalized spacial score (nSPS) is 14.0. The highest BCUT2D eigenvalue weighted by atomic mass is 19.2. The number of fused-ring (bicyclic) bond motifs is 1. The lowest BCUT2D eigenvalue weighted by Gasteiger charge is -2.37. The summed E-state index contributed by atoms with van der Waals surface area (Å²) in [6.45, 7) is 5.01. The SMILES string of the molecule is CCOC(=O)CCc1c(C)nc2ncnn2c1N1CCN(C(=O)c2cc(F)c(F)cc2F)CC1. The Balaban J connectivity index is 1.56. The predicted octanol–water partition coefficient (Wildman–Crippen LogP) is 2.31. The molecule has 0 spiro atoms. The molecule has 0 bridgehead atoms. The summed E-state index contributed by atoms with van der Waals surface area (Å²) in [6.07, 6.45) is 1.92. The highest BCUT2D eigenvalue weighted by molar-refractivity contribution is 5.94. The van der Waals surface area contributed by atoms with Crippen molar-refractivity contribution in [3.8, 4) is 0 Å². The Morgan fingerprint density at radius 2 is 1.76 bits per heavy atom. The summed E-state index contributed by atoms with van der Waals surface area (Å²) in [5, 5.41) is 4.27. The molecule has 0 aliphatic carbocycles. The van der Waals surface area contributed by atoms with Crippen LogP contribution in [-0.2, 0) is 16.0 Å². The van der Waals surface area contributed by atoms with Crippen molar-refractivity contribution in [3.63, 3.8) is 0 Å². The highest BCUT2D eigenvalue weighted by Crippen LogP contribution is 2.27. The van der Waals surface area contributed by atoms with Gasteiger partial charge in [-0.2, -0.15) is 14.6 Å². The molecule has 1 aliphatic rings. The molecular formula is C22H23F3N6O3. The van der Waals surface area contributed by atoms with E-state index in [1.165, 1.54) is 11.2 Å². The first-order chi connectivity index (χ1) is 16.3. The van der Waals surface area contributed by atoms with Crippen LogP contribution < -0.4 is 4.90 Å². The first-order valence-corrected chi connectivity index (χ1v) is 10.8. The van der Waals surface area contributed by atoms with Gasteiger partial charge in [0.1, 0.15) is 18.0 Å². The maximum Gasteiger partial charge on any atom is 0.306 e. The van der Waals surface area contributed by atoms with Gasteiger partial charge in [0, 0.05) is 49.9 Å². The minimum absolute atomic E-state index is 0.164. The van der Waals surface area contributed by atoms with Gasteiger partial charge in [-0.15, -0.1) is 0 Å². The minimum atomic E-state index is -1.35. The van der Waals surface area contributed by atoms with E-state index in [0.29, 0.717) is 55.5 Å². The highest BCUT2D eigenvalue weighted by Gasteiger charge is 2.28. The molecule has 34 heavy (non-hydrogen) atoms. The number of hydrogen-bond donors (Lipinski definition) is 0. The number of halogens is 3. The minimum Gasteiger partial charge on any atom is -0.466 e. The summed E-state index contributed by atoms with van der Waals surface area (Å²) in [7, 11) is 0. The zero-order valence-corrected chi connectivity index (χ0v) is 18.7. The van der Waals surface area contributed by atoms with Crippen LogP contribution in [0, 0.1) is 24.4 Å². The molecule has 3 heterocycles. The quantitative estimate of drug-likeness (QED) is 0.398. The fraction of sp³-hybridized carbons (Fsp3) is 0.409. The Morgan fingerprint density at radius 3 is 2.47 bits per heavy atom. The van der Waals surface area contributed by atoms with E-state index in [0.717, 1.165) is 5.56 Å². The number of ether oxygens (including phenoxy) is 1. The van der Waals surface area contributed by atoms with Gasteiger partial charge in [0.25, 0.3) is 11.7 Å². The van der Waals surface area contributed by atoms with Crippen LogP contribution >= 0.6 is 0 Å². The number of carbonyl (C=O) groups excluding carboxylic acids is 2. The van der Waals surface area contributed by atoms with Gasteiger partial charge < -0.3 is 14.5 Å². The van der Waals surface area contributed by atoms with E-state index in [2.05, 4.69) is 15.1 Å². The van der Waals surface area contributed by atoms with E-state index in [-0.39, 0.29) is 25.5 Å². The van der Waals surface area contributed by atoms with E-state index in [9.17, 15) is 22.8 Å². The van der Waals surface area contributed by atoms with Gasteiger partial charge >= 0.3 is 5.97 Å². The molecule has 1 aromatic carbocycles. The van der Waals surface area contributed by atoms with Gasteiger partial charge in [-0.25, -0.2) is 18.2 Å². The van der Waals surface area contributed by atoms with Crippen LogP contribution in [0.2, 0.25) is 0 Å². The Labute approximate surface area is 193 Å². The fourth-order valence-corrected chi connectivity index (χ4v) is 4.02. The van der Waals surface area contributed by atoms with E-state index < -0.39 is 28.9 Å². The molecule has 2 aromatic heterocycles. The number of hydrogen-bond acceptors (Lipinski definition) is 7. The monoisotopic (exact) mass is 476 g/mol. The van der Waals surface area contributed by atoms with Crippen LogP contribution in [0.15, 0.2) is 18.5 Å². The topological polar surface area (TPSA) is 92.9 Å². The van der Waals surface area contributed by atoms with Gasteiger partial charge in [-0.3, -0.25) is 9.59 Å². The molecule has 1 aliphatic heterocycles. The Hall–Kier alpha value is -3.70. The fourth-order valence-electron chi connectivity index (χ4n) is 4.02. The van der Waals surface area contributed by atoms with Crippen molar-refractivity contribution in [2.45, 2.75) is 26.7 Å². The molecule has 1 amide bonds. The lowest BCUT2D eigenvalue weighted by Crippen LogP contribution is -2.49. The molecule has 12 heteroatoms. The molecule has 180 valence electrons. The number of carbonyl (C=O) groups is 2. The van der Waals surface area contributed by atoms with Gasteiger partial charge in [0.05, 0.1) is 12.2 Å². The average Bonchev–Trinajstić information content (AvgIpc) is 3.27. The van der Waals surface area contributed by atoms with Crippen molar-refractivity contribution in [1.82, 2.24) is 24.5 Å². The Morgan fingerprint density at radius 1 is 1.06 bits per heavy atom. The molecule has 1 fully saturated rings. The van der Waals surface area contributed by atoms with Gasteiger partial charge in [0.15, 0.2) is 11.6 Å². The zero-order chi connectivity index (χ0) is 24.4. The number of piperazine rings is 1. The molecule has 4 rings (SSSR count). The van der Waals surface area contributed by atoms with E-state index in [1.54, 1.807) is 11.4 Å². The zero-order valence-electron chi connectivity index (χ0n) is 18.7.